The molecule has 2 aromatic rings. The van der Waals surface area contributed by atoms with Crippen LogP contribution in [0.25, 0.3) is 0 Å². The molecule has 0 aromatic heterocycles. The topological polar surface area (TPSA) is 46.2 Å². The first-order valence-electron chi connectivity index (χ1n) is 5.55. The molecule has 0 amide bonds. The van der Waals surface area contributed by atoms with Crippen LogP contribution in [0, 0.1) is 0 Å². The van der Waals surface area contributed by atoms with Crippen molar-refractivity contribution in [1.29, 1.82) is 0 Å². The van der Waals surface area contributed by atoms with Gasteiger partial charge in [-0.3, -0.25) is 4.72 Å². The van der Waals surface area contributed by atoms with Crippen molar-refractivity contribution >= 4 is 54.8 Å². The van der Waals surface area contributed by atoms with Gasteiger partial charge in [-0.25, -0.2) is 8.42 Å². The summed E-state index contributed by atoms with van der Waals surface area (Å²) in [5, 5.41) is 1.34. The molecule has 2 rings (SSSR count). The normalized spacial score (nSPS) is 11.3. The smallest absolute Gasteiger partial charge is 0.261 e. The molecule has 0 radical (unpaired) electrons. The second kappa shape index (κ2) is 6.35. The molecule has 0 heterocycles. The number of nitrogens with one attached hydrogen (secondary N) is 1. The third-order valence-electron chi connectivity index (χ3n) is 2.56. The third-order valence-corrected chi connectivity index (χ3v) is 5.34. The molecule has 0 bridgehead atoms. The maximum atomic E-state index is 12.2. The van der Waals surface area contributed by atoms with Gasteiger partial charge in [0.25, 0.3) is 10.0 Å². The van der Waals surface area contributed by atoms with Gasteiger partial charge in [-0.15, -0.1) is 0 Å². The van der Waals surface area contributed by atoms with E-state index in [2.05, 4.69) is 20.7 Å². The highest BCUT2D eigenvalue weighted by Gasteiger charge is 2.14. The summed E-state index contributed by atoms with van der Waals surface area (Å²) in [7, 11) is -3.63. The van der Waals surface area contributed by atoms with E-state index in [1.165, 1.54) is 12.1 Å². The summed E-state index contributed by atoms with van der Waals surface area (Å²) in [6, 6.07) is 11.2. The first kappa shape index (κ1) is 15.6. The van der Waals surface area contributed by atoms with E-state index in [4.69, 9.17) is 23.2 Å². The second-order valence-electron chi connectivity index (χ2n) is 4.01. The molecule has 106 valence electrons. The van der Waals surface area contributed by atoms with Crippen LogP contribution in [0.3, 0.4) is 0 Å². The zero-order chi connectivity index (χ0) is 14.8. The lowest BCUT2D eigenvalue weighted by Gasteiger charge is -2.09. The van der Waals surface area contributed by atoms with Crippen LogP contribution in [0.15, 0.2) is 47.4 Å². The van der Waals surface area contributed by atoms with Crippen molar-refractivity contribution in [1.82, 2.24) is 0 Å². The predicted molar refractivity (Wildman–Crippen MR) is 86.3 cm³/mol. The molecule has 20 heavy (non-hydrogen) atoms. The molecule has 2 aromatic carbocycles. The number of alkyl halides is 1. The molecule has 0 saturated heterocycles. The molecule has 0 aliphatic rings. The SMILES string of the molecule is O=S(=O)(Nc1ccc(Cl)c(Cl)c1)c1ccc(CBr)cc1. The molecule has 0 aliphatic carbocycles. The van der Waals surface area contributed by atoms with Gasteiger partial charge in [0.05, 0.1) is 20.6 Å². The van der Waals surface area contributed by atoms with Gasteiger partial charge in [-0.05, 0) is 35.9 Å². The van der Waals surface area contributed by atoms with Crippen LogP contribution < -0.4 is 4.72 Å². The molecular weight excluding hydrogens is 385 g/mol. The van der Waals surface area contributed by atoms with Crippen molar-refractivity contribution in [3.63, 3.8) is 0 Å². The number of halogens is 3. The Kier molecular flexibility index (Phi) is 4.96. The van der Waals surface area contributed by atoms with Gasteiger partial charge >= 0.3 is 0 Å². The highest BCUT2D eigenvalue weighted by Crippen LogP contribution is 2.26. The van der Waals surface area contributed by atoms with Gasteiger partial charge in [0.1, 0.15) is 0 Å². The summed E-state index contributed by atoms with van der Waals surface area (Å²) in [6.45, 7) is 0. The summed E-state index contributed by atoms with van der Waals surface area (Å²) < 4.78 is 26.9. The van der Waals surface area contributed by atoms with E-state index in [-0.39, 0.29) is 4.90 Å². The Bertz CT molecular complexity index is 718. The summed E-state index contributed by atoms with van der Waals surface area (Å²) in [5.74, 6) is 0. The maximum Gasteiger partial charge on any atom is 0.261 e. The van der Waals surface area contributed by atoms with E-state index in [0.29, 0.717) is 21.1 Å². The Morgan fingerprint density at radius 3 is 2.20 bits per heavy atom. The molecule has 0 saturated carbocycles. The van der Waals surface area contributed by atoms with Gasteiger partial charge in [0, 0.05) is 5.33 Å². The van der Waals surface area contributed by atoms with E-state index in [1.54, 1.807) is 30.3 Å². The van der Waals surface area contributed by atoms with Crippen LogP contribution >= 0.6 is 39.1 Å². The summed E-state index contributed by atoms with van der Waals surface area (Å²) in [6.07, 6.45) is 0. The first-order valence-corrected chi connectivity index (χ1v) is 8.91. The van der Waals surface area contributed by atoms with Gasteiger partial charge in [-0.2, -0.15) is 0 Å². The Morgan fingerprint density at radius 2 is 1.65 bits per heavy atom. The van der Waals surface area contributed by atoms with E-state index >= 15 is 0 Å². The molecular formula is C13H10BrCl2NO2S. The van der Waals surface area contributed by atoms with E-state index in [9.17, 15) is 8.42 Å². The number of rotatable bonds is 4. The first-order chi connectivity index (χ1) is 9.42. The van der Waals surface area contributed by atoms with Crippen LogP contribution in [-0.4, -0.2) is 8.42 Å². The molecule has 0 aliphatic heterocycles. The summed E-state index contributed by atoms with van der Waals surface area (Å²) in [5.41, 5.74) is 1.36. The van der Waals surface area contributed by atoms with Crippen molar-refractivity contribution in [3.05, 3.63) is 58.1 Å². The zero-order valence-electron chi connectivity index (χ0n) is 10.1. The van der Waals surface area contributed by atoms with Crippen LogP contribution in [0.1, 0.15) is 5.56 Å². The fourth-order valence-electron chi connectivity index (χ4n) is 1.53. The van der Waals surface area contributed by atoms with Gasteiger partial charge in [-0.1, -0.05) is 51.3 Å². The average molecular weight is 395 g/mol. The van der Waals surface area contributed by atoms with Crippen molar-refractivity contribution in [2.24, 2.45) is 0 Å². The quantitative estimate of drug-likeness (QED) is 0.764. The lowest BCUT2D eigenvalue weighted by atomic mass is 10.2. The lowest BCUT2D eigenvalue weighted by Crippen LogP contribution is -2.12. The van der Waals surface area contributed by atoms with Crippen molar-refractivity contribution in [2.45, 2.75) is 10.2 Å². The fraction of sp³-hybridized carbons (Fsp3) is 0.0769. The van der Waals surface area contributed by atoms with Crippen LogP contribution in [-0.2, 0) is 15.4 Å². The highest BCUT2D eigenvalue weighted by molar-refractivity contribution is 9.08. The number of hydrogen-bond donors (Lipinski definition) is 1. The lowest BCUT2D eigenvalue weighted by molar-refractivity contribution is 0.601. The molecule has 0 spiro atoms. The summed E-state index contributed by atoms with van der Waals surface area (Å²) in [4.78, 5) is 0.188. The van der Waals surface area contributed by atoms with Crippen molar-refractivity contribution in [2.75, 3.05) is 4.72 Å². The minimum atomic E-state index is -3.63. The largest absolute Gasteiger partial charge is 0.280 e. The summed E-state index contributed by atoms with van der Waals surface area (Å²) >= 11 is 15.0. The standard InChI is InChI=1S/C13H10BrCl2NO2S/c14-8-9-1-4-11(5-2-9)20(18,19)17-10-3-6-12(15)13(16)7-10/h1-7,17H,8H2. The monoisotopic (exact) mass is 393 g/mol. The van der Waals surface area contributed by atoms with Gasteiger partial charge in [0.15, 0.2) is 0 Å². The molecule has 1 N–H and O–H groups in total. The van der Waals surface area contributed by atoms with Gasteiger partial charge in [0.2, 0.25) is 0 Å². The van der Waals surface area contributed by atoms with Crippen molar-refractivity contribution < 1.29 is 8.42 Å². The number of benzene rings is 2. The Morgan fingerprint density at radius 1 is 1.00 bits per heavy atom. The predicted octanol–water partition coefficient (Wildman–Crippen LogP) is 4.69. The van der Waals surface area contributed by atoms with E-state index < -0.39 is 10.0 Å². The second-order valence-corrected chi connectivity index (χ2v) is 7.07. The Labute approximate surface area is 136 Å². The van der Waals surface area contributed by atoms with E-state index in [0.717, 1.165) is 5.56 Å². The van der Waals surface area contributed by atoms with Gasteiger partial charge < -0.3 is 0 Å². The van der Waals surface area contributed by atoms with Crippen molar-refractivity contribution in [3.8, 4) is 0 Å². The van der Waals surface area contributed by atoms with E-state index in [1.807, 2.05) is 0 Å². The maximum absolute atomic E-state index is 12.2. The minimum absolute atomic E-state index is 0.188. The molecule has 0 unspecified atom stereocenters. The zero-order valence-corrected chi connectivity index (χ0v) is 14.0. The van der Waals surface area contributed by atoms with Crippen LogP contribution in [0.4, 0.5) is 5.69 Å². The Hall–Kier alpha value is -0.750. The number of sulfonamides is 1. The fourth-order valence-corrected chi connectivity index (χ4v) is 3.25. The Balaban J connectivity index is 2.27. The number of hydrogen-bond acceptors (Lipinski definition) is 2. The molecule has 0 fully saturated rings. The average Bonchev–Trinajstić information content (AvgIpc) is 2.43. The van der Waals surface area contributed by atoms with Crippen LogP contribution in [0.2, 0.25) is 10.0 Å². The number of anilines is 1. The highest BCUT2D eigenvalue weighted by atomic mass is 79.9. The minimum Gasteiger partial charge on any atom is -0.280 e. The molecule has 7 heteroatoms. The van der Waals surface area contributed by atoms with Crippen LogP contribution in [0.5, 0.6) is 0 Å². The molecule has 0 atom stereocenters. The third kappa shape index (κ3) is 3.67. The molecule has 3 nitrogen and oxygen atoms in total.